The maximum atomic E-state index is 10.6. The lowest BCUT2D eigenvalue weighted by Gasteiger charge is -2.03. The SMILES string of the molecule is Cc1cc(-c2nnc(CSC[C@H](N)C(=O)O)o2)c(C)o1. The largest absolute Gasteiger partial charge is 0.480 e. The molecule has 0 fully saturated rings. The Labute approximate surface area is 119 Å². The highest BCUT2D eigenvalue weighted by molar-refractivity contribution is 7.98. The highest BCUT2D eigenvalue weighted by Gasteiger charge is 2.16. The number of rotatable bonds is 6. The number of carboxylic acids is 1. The second kappa shape index (κ2) is 6.10. The molecule has 3 N–H and O–H groups in total. The predicted octanol–water partition coefficient (Wildman–Crippen LogP) is 1.59. The fourth-order valence-corrected chi connectivity index (χ4v) is 2.41. The number of aliphatic carboxylic acids is 1. The lowest BCUT2D eigenvalue weighted by Crippen LogP contribution is -2.32. The number of carbonyl (C=O) groups is 1. The van der Waals surface area contributed by atoms with Crippen molar-refractivity contribution in [1.82, 2.24) is 10.2 Å². The van der Waals surface area contributed by atoms with E-state index in [1.54, 1.807) is 0 Å². The minimum atomic E-state index is -1.02. The molecule has 0 aliphatic heterocycles. The Bertz CT molecular complexity index is 608. The first kappa shape index (κ1) is 14.6. The second-order valence-corrected chi connectivity index (χ2v) is 5.32. The number of hydrogen-bond acceptors (Lipinski definition) is 7. The molecule has 0 amide bonds. The maximum Gasteiger partial charge on any atom is 0.321 e. The Morgan fingerprint density at radius 2 is 2.20 bits per heavy atom. The van der Waals surface area contributed by atoms with Crippen LogP contribution >= 0.6 is 11.8 Å². The molecule has 8 heteroatoms. The molecular weight excluding hydrogens is 282 g/mol. The summed E-state index contributed by atoms with van der Waals surface area (Å²) >= 11 is 1.34. The van der Waals surface area contributed by atoms with Gasteiger partial charge in [-0.15, -0.1) is 22.0 Å². The van der Waals surface area contributed by atoms with Gasteiger partial charge in [0.25, 0.3) is 5.89 Å². The Kier molecular flexibility index (Phi) is 4.46. The van der Waals surface area contributed by atoms with Crippen molar-refractivity contribution in [1.29, 1.82) is 0 Å². The molecule has 0 aromatic carbocycles. The lowest BCUT2D eigenvalue weighted by molar-refractivity contribution is -0.137. The van der Waals surface area contributed by atoms with Crippen LogP contribution in [0.15, 0.2) is 14.9 Å². The van der Waals surface area contributed by atoms with Crippen LogP contribution in [0.3, 0.4) is 0 Å². The monoisotopic (exact) mass is 297 g/mol. The molecule has 0 radical (unpaired) electrons. The fourth-order valence-electron chi connectivity index (χ4n) is 1.61. The molecule has 0 bridgehead atoms. The Morgan fingerprint density at radius 1 is 1.45 bits per heavy atom. The number of hydrogen-bond donors (Lipinski definition) is 2. The van der Waals surface area contributed by atoms with E-state index in [0.717, 1.165) is 17.1 Å². The Balaban J connectivity index is 1.96. The van der Waals surface area contributed by atoms with Gasteiger partial charge in [-0.05, 0) is 19.9 Å². The van der Waals surface area contributed by atoms with E-state index >= 15 is 0 Å². The molecular formula is C12H15N3O4S. The third-order valence-corrected chi connectivity index (χ3v) is 3.62. The molecule has 2 rings (SSSR count). The number of nitrogens with zero attached hydrogens (tertiary/aromatic N) is 2. The maximum absolute atomic E-state index is 10.6. The van der Waals surface area contributed by atoms with Gasteiger partial charge >= 0.3 is 5.97 Å². The van der Waals surface area contributed by atoms with Crippen LogP contribution in [0.5, 0.6) is 0 Å². The summed E-state index contributed by atoms with van der Waals surface area (Å²) in [4.78, 5) is 10.6. The second-order valence-electron chi connectivity index (χ2n) is 4.29. The summed E-state index contributed by atoms with van der Waals surface area (Å²) in [5, 5.41) is 16.5. The van der Waals surface area contributed by atoms with E-state index in [1.807, 2.05) is 19.9 Å². The summed E-state index contributed by atoms with van der Waals surface area (Å²) in [6, 6.07) is 0.946. The van der Waals surface area contributed by atoms with Gasteiger partial charge in [0.2, 0.25) is 5.89 Å². The van der Waals surface area contributed by atoms with Gasteiger partial charge in [-0.25, -0.2) is 0 Å². The molecule has 20 heavy (non-hydrogen) atoms. The first-order chi connectivity index (χ1) is 9.47. The van der Waals surface area contributed by atoms with Crippen molar-refractivity contribution < 1.29 is 18.7 Å². The van der Waals surface area contributed by atoms with Crippen molar-refractivity contribution >= 4 is 17.7 Å². The van der Waals surface area contributed by atoms with Gasteiger partial charge in [0, 0.05) is 5.75 Å². The summed E-state index contributed by atoms with van der Waals surface area (Å²) in [6.45, 7) is 3.67. The van der Waals surface area contributed by atoms with E-state index < -0.39 is 12.0 Å². The topological polar surface area (TPSA) is 115 Å². The highest BCUT2D eigenvalue weighted by atomic mass is 32.2. The van der Waals surface area contributed by atoms with E-state index in [4.69, 9.17) is 19.7 Å². The summed E-state index contributed by atoms with van der Waals surface area (Å²) in [6.07, 6.45) is 0. The highest BCUT2D eigenvalue weighted by Crippen LogP contribution is 2.26. The summed E-state index contributed by atoms with van der Waals surface area (Å²) in [7, 11) is 0. The third-order valence-electron chi connectivity index (χ3n) is 2.58. The molecule has 2 heterocycles. The number of aryl methyl sites for hydroxylation is 2. The number of furan rings is 1. The molecule has 108 valence electrons. The van der Waals surface area contributed by atoms with Gasteiger partial charge in [-0.3, -0.25) is 4.79 Å². The molecule has 2 aromatic heterocycles. The molecule has 0 spiro atoms. The molecule has 0 unspecified atom stereocenters. The zero-order chi connectivity index (χ0) is 14.7. The Morgan fingerprint density at radius 3 is 2.80 bits per heavy atom. The molecule has 7 nitrogen and oxygen atoms in total. The van der Waals surface area contributed by atoms with Crippen LogP contribution in [-0.4, -0.2) is 33.1 Å². The summed E-state index contributed by atoms with van der Waals surface area (Å²) in [5.41, 5.74) is 6.17. The first-order valence-corrected chi connectivity index (χ1v) is 7.08. The normalized spacial score (nSPS) is 12.6. The van der Waals surface area contributed by atoms with Gasteiger partial charge in [-0.1, -0.05) is 0 Å². The van der Waals surface area contributed by atoms with Crippen molar-refractivity contribution in [2.75, 3.05) is 5.75 Å². The minimum absolute atomic E-state index is 0.289. The van der Waals surface area contributed by atoms with Crippen LogP contribution < -0.4 is 5.73 Å². The zero-order valence-corrected chi connectivity index (χ0v) is 11.9. The standard InChI is InChI=1S/C12H15N3O4S/c1-6-3-8(7(2)18-6)11-15-14-10(19-11)5-20-4-9(13)12(16)17/h3,9H,4-5,13H2,1-2H3,(H,16,17)/t9-/m0/s1. The van der Waals surface area contributed by atoms with Gasteiger partial charge in [0.15, 0.2) is 0 Å². The first-order valence-electron chi connectivity index (χ1n) is 5.93. The van der Waals surface area contributed by atoms with Crippen molar-refractivity contribution in [3.8, 4) is 11.5 Å². The average molecular weight is 297 g/mol. The van der Waals surface area contributed by atoms with E-state index in [2.05, 4.69) is 10.2 Å². The van der Waals surface area contributed by atoms with Crippen molar-refractivity contribution in [2.24, 2.45) is 5.73 Å². The van der Waals surface area contributed by atoms with Crippen LogP contribution in [0.25, 0.3) is 11.5 Å². The Hall–Kier alpha value is -1.80. The molecule has 2 aromatic rings. The van der Waals surface area contributed by atoms with Crippen LogP contribution in [0, 0.1) is 13.8 Å². The minimum Gasteiger partial charge on any atom is -0.480 e. The van der Waals surface area contributed by atoms with E-state index in [1.165, 1.54) is 11.8 Å². The molecule has 0 aliphatic rings. The van der Waals surface area contributed by atoms with Crippen LogP contribution in [-0.2, 0) is 10.5 Å². The third kappa shape index (κ3) is 3.40. The predicted molar refractivity (Wildman–Crippen MR) is 73.2 cm³/mol. The molecule has 0 saturated heterocycles. The van der Waals surface area contributed by atoms with Gasteiger partial charge in [0.1, 0.15) is 17.6 Å². The summed E-state index contributed by atoms with van der Waals surface area (Å²) in [5.74, 6) is 2.02. The average Bonchev–Trinajstić information content (AvgIpc) is 2.95. The zero-order valence-electron chi connectivity index (χ0n) is 11.1. The van der Waals surface area contributed by atoms with Crippen molar-refractivity contribution in [2.45, 2.75) is 25.6 Å². The van der Waals surface area contributed by atoms with Crippen LogP contribution in [0.2, 0.25) is 0 Å². The van der Waals surface area contributed by atoms with E-state index in [9.17, 15) is 4.79 Å². The molecule has 1 atom stereocenters. The summed E-state index contributed by atoms with van der Waals surface area (Å²) < 4.78 is 10.9. The van der Waals surface area contributed by atoms with E-state index in [-0.39, 0.29) is 5.75 Å². The smallest absolute Gasteiger partial charge is 0.321 e. The fraction of sp³-hybridized carbons (Fsp3) is 0.417. The number of carboxylic acid groups (broad SMARTS) is 1. The van der Waals surface area contributed by atoms with Gasteiger partial charge < -0.3 is 19.7 Å². The molecule has 0 aliphatic carbocycles. The number of thioether (sulfide) groups is 1. The van der Waals surface area contributed by atoms with E-state index in [0.29, 0.717) is 17.5 Å². The number of aromatic nitrogens is 2. The number of nitrogens with two attached hydrogens (primary N) is 1. The van der Waals surface area contributed by atoms with Gasteiger partial charge in [0.05, 0.1) is 11.3 Å². The van der Waals surface area contributed by atoms with Crippen molar-refractivity contribution in [3.63, 3.8) is 0 Å². The quantitative estimate of drug-likeness (QED) is 0.825. The molecule has 0 saturated carbocycles. The van der Waals surface area contributed by atoms with Crippen LogP contribution in [0.1, 0.15) is 17.4 Å². The van der Waals surface area contributed by atoms with Gasteiger partial charge in [-0.2, -0.15) is 0 Å². The lowest BCUT2D eigenvalue weighted by atomic mass is 10.2. The van der Waals surface area contributed by atoms with Crippen LogP contribution in [0.4, 0.5) is 0 Å². The van der Waals surface area contributed by atoms with Crippen molar-refractivity contribution in [3.05, 3.63) is 23.5 Å².